The summed E-state index contributed by atoms with van der Waals surface area (Å²) in [6.45, 7) is 0.301. The lowest BCUT2D eigenvalue weighted by Gasteiger charge is -2.10. The maximum absolute atomic E-state index is 9.37. The highest BCUT2D eigenvalue weighted by Crippen LogP contribution is 2.25. The SMILES string of the molecule is NC[C@@H](N)c1ccc(Cl)cc1O. The van der Waals surface area contributed by atoms with E-state index in [1.807, 2.05) is 0 Å². The van der Waals surface area contributed by atoms with E-state index in [1.54, 1.807) is 12.1 Å². The third kappa shape index (κ3) is 1.88. The predicted molar refractivity (Wildman–Crippen MR) is 49.1 cm³/mol. The van der Waals surface area contributed by atoms with Gasteiger partial charge in [-0.05, 0) is 12.1 Å². The van der Waals surface area contributed by atoms with Crippen molar-refractivity contribution in [3.05, 3.63) is 28.8 Å². The minimum Gasteiger partial charge on any atom is -0.508 e. The van der Waals surface area contributed by atoms with E-state index < -0.39 is 0 Å². The fourth-order valence-electron chi connectivity index (χ4n) is 0.957. The standard InChI is InChI=1S/C8H11ClN2O/c9-5-1-2-6(7(11)4-10)8(12)3-5/h1-3,7,12H,4,10-11H2/t7-/m1/s1. The molecule has 1 atom stereocenters. The lowest BCUT2D eigenvalue weighted by Crippen LogP contribution is -2.20. The molecule has 0 aliphatic heterocycles. The van der Waals surface area contributed by atoms with Gasteiger partial charge < -0.3 is 16.6 Å². The van der Waals surface area contributed by atoms with Gasteiger partial charge in [0.15, 0.2) is 0 Å². The molecule has 3 nitrogen and oxygen atoms in total. The van der Waals surface area contributed by atoms with Gasteiger partial charge in [0.05, 0.1) is 0 Å². The number of rotatable bonds is 2. The van der Waals surface area contributed by atoms with Crippen molar-refractivity contribution < 1.29 is 5.11 Å². The van der Waals surface area contributed by atoms with E-state index in [2.05, 4.69) is 0 Å². The van der Waals surface area contributed by atoms with Crippen LogP contribution in [0.25, 0.3) is 0 Å². The van der Waals surface area contributed by atoms with Crippen LogP contribution in [-0.2, 0) is 0 Å². The summed E-state index contributed by atoms with van der Waals surface area (Å²) in [5.41, 5.74) is 11.6. The Hall–Kier alpha value is -0.770. The second-order valence-corrected chi connectivity index (χ2v) is 2.98. The number of halogens is 1. The van der Waals surface area contributed by atoms with Crippen LogP contribution >= 0.6 is 11.6 Å². The summed E-state index contributed by atoms with van der Waals surface area (Å²) in [5, 5.41) is 9.86. The molecule has 0 radical (unpaired) electrons. The molecular weight excluding hydrogens is 176 g/mol. The molecule has 0 spiro atoms. The first-order chi connectivity index (χ1) is 5.65. The molecule has 0 amide bonds. The molecule has 0 saturated heterocycles. The monoisotopic (exact) mass is 186 g/mol. The van der Waals surface area contributed by atoms with Gasteiger partial charge in [-0.2, -0.15) is 0 Å². The molecule has 1 aromatic carbocycles. The lowest BCUT2D eigenvalue weighted by atomic mass is 10.1. The Bertz CT molecular complexity index is 278. The normalized spacial score (nSPS) is 12.9. The van der Waals surface area contributed by atoms with Crippen molar-refractivity contribution in [2.75, 3.05) is 6.54 Å². The molecule has 0 fully saturated rings. The van der Waals surface area contributed by atoms with Crippen LogP contribution in [-0.4, -0.2) is 11.7 Å². The topological polar surface area (TPSA) is 72.3 Å². The molecule has 0 bridgehead atoms. The van der Waals surface area contributed by atoms with Crippen LogP contribution in [0.15, 0.2) is 18.2 Å². The van der Waals surface area contributed by atoms with Crippen molar-refractivity contribution in [3.8, 4) is 5.75 Å². The van der Waals surface area contributed by atoms with E-state index >= 15 is 0 Å². The highest BCUT2D eigenvalue weighted by molar-refractivity contribution is 6.30. The molecule has 0 saturated carbocycles. The van der Waals surface area contributed by atoms with Crippen LogP contribution in [0.5, 0.6) is 5.75 Å². The molecule has 12 heavy (non-hydrogen) atoms. The van der Waals surface area contributed by atoms with Gasteiger partial charge in [-0.25, -0.2) is 0 Å². The lowest BCUT2D eigenvalue weighted by molar-refractivity contribution is 0.462. The first-order valence-electron chi connectivity index (χ1n) is 3.59. The Morgan fingerprint density at radius 3 is 2.67 bits per heavy atom. The zero-order valence-electron chi connectivity index (χ0n) is 6.50. The molecule has 66 valence electrons. The second kappa shape index (κ2) is 3.76. The molecule has 5 N–H and O–H groups in total. The highest BCUT2D eigenvalue weighted by Gasteiger charge is 2.08. The zero-order valence-corrected chi connectivity index (χ0v) is 7.25. The van der Waals surface area contributed by atoms with Crippen LogP contribution < -0.4 is 11.5 Å². The van der Waals surface area contributed by atoms with Gasteiger partial charge in [0.25, 0.3) is 0 Å². The van der Waals surface area contributed by atoms with Gasteiger partial charge in [-0.3, -0.25) is 0 Å². The van der Waals surface area contributed by atoms with Crippen molar-refractivity contribution in [2.45, 2.75) is 6.04 Å². The summed E-state index contributed by atoms with van der Waals surface area (Å²) in [5.74, 6) is 0.0976. The van der Waals surface area contributed by atoms with Crippen LogP contribution in [0, 0.1) is 0 Å². The molecule has 1 rings (SSSR count). The number of nitrogens with two attached hydrogens (primary N) is 2. The molecule has 0 aliphatic rings. The van der Waals surface area contributed by atoms with Gasteiger partial charge in [-0.1, -0.05) is 17.7 Å². The number of benzene rings is 1. The molecule has 0 aliphatic carbocycles. The zero-order chi connectivity index (χ0) is 9.14. The molecule has 0 unspecified atom stereocenters. The maximum atomic E-state index is 9.37. The molecular formula is C8H11ClN2O. The Labute approximate surface area is 75.9 Å². The van der Waals surface area contributed by atoms with Gasteiger partial charge >= 0.3 is 0 Å². The largest absolute Gasteiger partial charge is 0.508 e. The number of hydrogen-bond donors (Lipinski definition) is 3. The van der Waals surface area contributed by atoms with E-state index in [0.717, 1.165) is 0 Å². The Morgan fingerprint density at radius 1 is 1.50 bits per heavy atom. The summed E-state index contributed by atoms with van der Waals surface area (Å²) in [6.07, 6.45) is 0. The average Bonchev–Trinajstić information content (AvgIpc) is 2.03. The van der Waals surface area contributed by atoms with Crippen molar-refractivity contribution in [1.82, 2.24) is 0 Å². The van der Waals surface area contributed by atoms with E-state index in [0.29, 0.717) is 17.1 Å². The fraction of sp³-hybridized carbons (Fsp3) is 0.250. The van der Waals surface area contributed by atoms with E-state index in [4.69, 9.17) is 23.1 Å². The molecule has 0 heterocycles. The Morgan fingerprint density at radius 2 is 2.17 bits per heavy atom. The first kappa shape index (κ1) is 9.32. The van der Waals surface area contributed by atoms with E-state index in [1.165, 1.54) is 6.07 Å². The summed E-state index contributed by atoms with van der Waals surface area (Å²) < 4.78 is 0. The first-order valence-corrected chi connectivity index (χ1v) is 3.97. The van der Waals surface area contributed by atoms with Crippen molar-refractivity contribution in [2.24, 2.45) is 11.5 Å². The third-order valence-electron chi connectivity index (χ3n) is 1.65. The number of phenolic OH excluding ortho intramolecular Hbond substituents is 1. The fourth-order valence-corrected chi connectivity index (χ4v) is 1.12. The minimum atomic E-state index is -0.331. The van der Waals surface area contributed by atoms with Gasteiger partial charge in [0.2, 0.25) is 0 Å². The summed E-state index contributed by atoms with van der Waals surface area (Å²) in [7, 11) is 0. The smallest absolute Gasteiger partial charge is 0.121 e. The number of hydrogen-bond acceptors (Lipinski definition) is 3. The average molecular weight is 187 g/mol. The minimum absolute atomic E-state index is 0.0976. The number of aromatic hydroxyl groups is 1. The van der Waals surface area contributed by atoms with Crippen molar-refractivity contribution >= 4 is 11.6 Å². The van der Waals surface area contributed by atoms with Crippen molar-refractivity contribution in [3.63, 3.8) is 0 Å². The Balaban J connectivity index is 3.01. The highest BCUT2D eigenvalue weighted by atomic mass is 35.5. The Kier molecular flexibility index (Phi) is 2.92. The van der Waals surface area contributed by atoms with Gasteiger partial charge in [0, 0.05) is 23.2 Å². The summed E-state index contributed by atoms with van der Waals surface area (Å²) in [4.78, 5) is 0. The maximum Gasteiger partial charge on any atom is 0.121 e. The summed E-state index contributed by atoms with van der Waals surface area (Å²) in [6, 6.07) is 4.47. The predicted octanol–water partition coefficient (Wildman–Crippen LogP) is 1.00. The van der Waals surface area contributed by atoms with Crippen molar-refractivity contribution in [1.29, 1.82) is 0 Å². The van der Waals surface area contributed by atoms with Gasteiger partial charge in [-0.15, -0.1) is 0 Å². The second-order valence-electron chi connectivity index (χ2n) is 2.55. The van der Waals surface area contributed by atoms with E-state index in [-0.39, 0.29) is 11.8 Å². The summed E-state index contributed by atoms with van der Waals surface area (Å²) >= 11 is 5.63. The molecule has 4 heteroatoms. The van der Waals surface area contributed by atoms with Gasteiger partial charge in [0.1, 0.15) is 5.75 Å². The molecule has 1 aromatic rings. The van der Waals surface area contributed by atoms with Crippen LogP contribution in [0.2, 0.25) is 5.02 Å². The van der Waals surface area contributed by atoms with Crippen LogP contribution in [0.4, 0.5) is 0 Å². The van der Waals surface area contributed by atoms with Crippen LogP contribution in [0.1, 0.15) is 11.6 Å². The molecule has 0 aromatic heterocycles. The number of phenols is 1. The third-order valence-corrected chi connectivity index (χ3v) is 1.88. The van der Waals surface area contributed by atoms with Crippen LogP contribution in [0.3, 0.4) is 0 Å². The quantitative estimate of drug-likeness (QED) is 0.646. The van der Waals surface area contributed by atoms with E-state index in [9.17, 15) is 5.11 Å².